The van der Waals surface area contributed by atoms with E-state index in [0.717, 1.165) is 17.0 Å². The summed E-state index contributed by atoms with van der Waals surface area (Å²) in [5, 5.41) is 2.01. The Kier molecular flexibility index (Phi) is 3.89. The number of ether oxygens (including phenoxy) is 1. The van der Waals surface area contributed by atoms with Crippen LogP contribution in [0, 0.1) is 0 Å². The van der Waals surface area contributed by atoms with Crippen molar-refractivity contribution >= 4 is 22.7 Å². The standard InChI is InChI=1S/C10H13N3OS2/c1-14-9-2-3-15-10(9)8(13-11)4-7-5-12-6-16-7/h2-3,5-6,8,13H,4,11H2,1H3. The van der Waals surface area contributed by atoms with Crippen LogP contribution in [0.25, 0.3) is 0 Å². The van der Waals surface area contributed by atoms with Gasteiger partial charge in [-0.2, -0.15) is 0 Å². The van der Waals surface area contributed by atoms with E-state index in [-0.39, 0.29) is 6.04 Å². The van der Waals surface area contributed by atoms with Crippen molar-refractivity contribution in [2.24, 2.45) is 5.84 Å². The zero-order chi connectivity index (χ0) is 11.4. The van der Waals surface area contributed by atoms with Crippen molar-refractivity contribution in [3.05, 3.63) is 32.9 Å². The summed E-state index contributed by atoms with van der Waals surface area (Å²) >= 11 is 3.28. The summed E-state index contributed by atoms with van der Waals surface area (Å²) in [6.45, 7) is 0. The molecule has 0 aliphatic rings. The van der Waals surface area contributed by atoms with Crippen molar-refractivity contribution in [1.82, 2.24) is 10.4 Å². The highest BCUT2D eigenvalue weighted by Gasteiger charge is 2.17. The van der Waals surface area contributed by atoms with Crippen molar-refractivity contribution in [2.45, 2.75) is 12.5 Å². The molecule has 0 amide bonds. The number of hydrazine groups is 1. The van der Waals surface area contributed by atoms with Gasteiger partial charge in [0.15, 0.2) is 0 Å². The predicted molar refractivity (Wildman–Crippen MR) is 66.8 cm³/mol. The third-order valence-corrected chi connectivity index (χ3v) is 4.10. The maximum Gasteiger partial charge on any atom is 0.134 e. The molecule has 4 nitrogen and oxygen atoms in total. The monoisotopic (exact) mass is 255 g/mol. The highest BCUT2D eigenvalue weighted by molar-refractivity contribution is 7.10. The summed E-state index contributed by atoms with van der Waals surface area (Å²) in [6, 6.07) is 2.03. The Balaban J connectivity index is 2.16. The fourth-order valence-electron chi connectivity index (χ4n) is 1.50. The van der Waals surface area contributed by atoms with Crippen molar-refractivity contribution in [1.29, 1.82) is 0 Å². The number of hydrogen-bond donors (Lipinski definition) is 2. The van der Waals surface area contributed by atoms with Crippen LogP contribution >= 0.6 is 22.7 Å². The molecule has 0 spiro atoms. The lowest BCUT2D eigenvalue weighted by Gasteiger charge is -2.14. The summed E-state index contributed by atoms with van der Waals surface area (Å²) in [6.07, 6.45) is 2.70. The summed E-state index contributed by atoms with van der Waals surface area (Å²) in [5.74, 6) is 6.48. The number of methoxy groups -OCH3 is 1. The van der Waals surface area contributed by atoms with E-state index in [1.54, 1.807) is 29.8 Å². The molecule has 1 atom stereocenters. The summed E-state index contributed by atoms with van der Waals surface area (Å²) < 4.78 is 5.29. The van der Waals surface area contributed by atoms with Crippen LogP contribution in [-0.2, 0) is 6.42 Å². The molecular formula is C10H13N3OS2. The lowest BCUT2D eigenvalue weighted by atomic mass is 10.1. The van der Waals surface area contributed by atoms with E-state index in [2.05, 4.69) is 10.4 Å². The van der Waals surface area contributed by atoms with Gasteiger partial charge in [-0.15, -0.1) is 22.7 Å². The predicted octanol–water partition coefficient (Wildman–Crippen LogP) is 1.96. The van der Waals surface area contributed by atoms with E-state index >= 15 is 0 Å². The van der Waals surface area contributed by atoms with Crippen molar-refractivity contribution in [3.63, 3.8) is 0 Å². The largest absolute Gasteiger partial charge is 0.496 e. The molecule has 2 rings (SSSR count). The third-order valence-electron chi connectivity index (χ3n) is 2.28. The van der Waals surface area contributed by atoms with Crippen LogP contribution in [0.4, 0.5) is 0 Å². The Labute approximate surface area is 102 Å². The molecule has 0 aromatic carbocycles. The number of nitrogens with two attached hydrogens (primary N) is 1. The van der Waals surface area contributed by atoms with Crippen LogP contribution in [0.15, 0.2) is 23.2 Å². The summed E-state index contributed by atoms with van der Waals surface area (Å²) in [5.41, 5.74) is 4.65. The molecule has 0 saturated heterocycles. The molecule has 6 heteroatoms. The number of aromatic nitrogens is 1. The molecular weight excluding hydrogens is 242 g/mol. The molecule has 2 aromatic rings. The van der Waals surface area contributed by atoms with E-state index in [1.807, 2.05) is 23.2 Å². The maximum absolute atomic E-state index is 5.59. The number of rotatable bonds is 5. The third kappa shape index (κ3) is 2.41. The second kappa shape index (κ2) is 5.40. The zero-order valence-electron chi connectivity index (χ0n) is 8.84. The Hall–Kier alpha value is -0.950. The second-order valence-corrected chi connectivity index (χ2v) is 5.16. The summed E-state index contributed by atoms with van der Waals surface area (Å²) in [4.78, 5) is 6.39. The van der Waals surface area contributed by atoms with Crippen molar-refractivity contribution in [2.75, 3.05) is 7.11 Å². The first-order valence-electron chi connectivity index (χ1n) is 4.80. The Morgan fingerprint density at radius 3 is 3.06 bits per heavy atom. The fraction of sp³-hybridized carbons (Fsp3) is 0.300. The average molecular weight is 255 g/mol. The lowest BCUT2D eigenvalue weighted by molar-refractivity contribution is 0.403. The van der Waals surface area contributed by atoms with E-state index in [4.69, 9.17) is 10.6 Å². The van der Waals surface area contributed by atoms with Gasteiger partial charge in [0, 0.05) is 17.5 Å². The number of hydrogen-bond acceptors (Lipinski definition) is 6. The number of thiophene rings is 1. The Morgan fingerprint density at radius 2 is 2.44 bits per heavy atom. The lowest BCUT2D eigenvalue weighted by Crippen LogP contribution is -2.29. The number of thiazole rings is 1. The molecule has 0 saturated carbocycles. The van der Waals surface area contributed by atoms with Gasteiger partial charge in [0.2, 0.25) is 0 Å². The minimum Gasteiger partial charge on any atom is -0.496 e. The molecule has 0 fully saturated rings. The Morgan fingerprint density at radius 1 is 1.56 bits per heavy atom. The smallest absolute Gasteiger partial charge is 0.134 e. The van der Waals surface area contributed by atoms with E-state index in [9.17, 15) is 0 Å². The maximum atomic E-state index is 5.59. The molecule has 2 heterocycles. The SMILES string of the molecule is COc1ccsc1C(Cc1cncs1)NN. The highest BCUT2D eigenvalue weighted by Crippen LogP contribution is 2.32. The topological polar surface area (TPSA) is 60.2 Å². The molecule has 0 bridgehead atoms. The molecule has 1 unspecified atom stereocenters. The van der Waals surface area contributed by atoms with Crippen LogP contribution < -0.4 is 16.0 Å². The average Bonchev–Trinajstić information content (AvgIpc) is 2.96. The van der Waals surface area contributed by atoms with Crippen LogP contribution in [-0.4, -0.2) is 12.1 Å². The van der Waals surface area contributed by atoms with E-state index in [1.165, 1.54) is 4.88 Å². The normalized spacial score (nSPS) is 12.6. The molecule has 16 heavy (non-hydrogen) atoms. The first kappa shape index (κ1) is 11.5. The molecule has 0 aliphatic heterocycles. The van der Waals surface area contributed by atoms with Gasteiger partial charge in [0.05, 0.1) is 23.5 Å². The first-order chi connectivity index (χ1) is 7.85. The van der Waals surface area contributed by atoms with Gasteiger partial charge in [-0.05, 0) is 11.4 Å². The van der Waals surface area contributed by atoms with Gasteiger partial charge in [0.25, 0.3) is 0 Å². The van der Waals surface area contributed by atoms with Crippen molar-refractivity contribution < 1.29 is 4.74 Å². The first-order valence-corrected chi connectivity index (χ1v) is 6.56. The summed E-state index contributed by atoms with van der Waals surface area (Å²) in [7, 11) is 1.67. The second-order valence-electron chi connectivity index (χ2n) is 3.24. The van der Waals surface area contributed by atoms with Crippen LogP contribution in [0.1, 0.15) is 15.8 Å². The van der Waals surface area contributed by atoms with Crippen LogP contribution in [0.2, 0.25) is 0 Å². The molecule has 0 aliphatic carbocycles. The highest BCUT2D eigenvalue weighted by atomic mass is 32.1. The van der Waals surface area contributed by atoms with Gasteiger partial charge in [-0.25, -0.2) is 0 Å². The van der Waals surface area contributed by atoms with Gasteiger partial charge in [-0.1, -0.05) is 0 Å². The van der Waals surface area contributed by atoms with Crippen LogP contribution in [0.3, 0.4) is 0 Å². The minimum absolute atomic E-state index is 0.0791. The molecule has 86 valence electrons. The molecule has 0 radical (unpaired) electrons. The molecule has 2 aromatic heterocycles. The van der Waals surface area contributed by atoms with Crippen molar-refractivity contribution in [3.8, 4) is 5.75 Å². The van der Waals surface area contributed by atoms with Crippen LogP contribution in [0.5, 0.6) is 5.75 Å². The van der Waals surface area contributed by atoms with Gasteiger partial charge >= 0.3 is 0 Å². The van der Waals surface area contributed by atoms with Gasteiger partial charge in [-0.3, -0.25) is 16.3 Å². The number of nitrogens with zero attached hydrogens (tertiary/aromatic N) is 1. The fourth-order valence-corrected chi connectivity index (χ4v) is 3.07. The minimum atomic E-state index is 0.0791. The Bertz CT molecular complexity index is 427. The quantitative estimate of drug-likeness (QED) is 0.633. The van der Waals surface area contributed by atoms with Gasteiger partial charge in [0.1, 0.15) is 5.75 Å². The van der Waals surface area contributed by atoms with E-state index < -0.39 is 0 Å². The number of nitrogens with one attached hydrogen (secondary N) is 1. The van der Waals surface area contributed by atoms with E-state index in [0.29, 0.717) is 0 Å². The zero-order valence-corrected chi connectivity index (χ0v) is 10.5. The molecule has 3 N–H and O–H groups in total. The van der Waals surface area contributed by atoms with Gasteiger partial charge < -0.3 is 4.74 Å².